The van der Waals surface area contributed by atoms with Gasteiger partial charge in [0.25, 0.3) is 0 Å². The number of benzene rings is 1. The van der Waals surface area contributed by atoms with E-state index in [4.69, 9.17) is 0 Å². The summed E-state index contributed by atoms with van der Waals surface area (Å²) in [5.74, 6) is 0.154. The highest BCUT2D eigenvalue weighted by atomic mass is 19.1. The van der Waals surface area contributed by atoms with Crippen LogP contribution in [0.3, 0.4) is 0 Å². The molecule has 0 aromatic heterocycles. The second-order valence-corrected chi connectivity index (χ2v) is 4.36. The first-order chi connectivity index (χ1) is 7.50. The van der Waals surface area contributed by atoms with Crippen LogP contribution in [0.2, 0.25) is 0 Å². The first-order valence-corrected chi connectivity index (χ1v) is 5.15. The van der Waals surface area contributed by atoms with Crippen molar-refractivity contribution in [3.05, 3.63) is 42.0 Å². The number of hydrogen-bond acceptors (Lipinski definition) is 1. The molecular weight excluding hydrogens is 203 g/mol. The fourth-order valence-corrected chi connectivity index (χ4v) is 0.986. The van der Waals surface area contributed by atoms with Crippen LogP contribution in [0.4, 0.5) is 4.39 Å². The van der Waals surface area contributed by atoms with Crippen molar-refractivity contribution in [2.75, 3.05) is 7.18 Å². The van der Waals surface area contributed by atoms with Crippen molar-refractivity contribution in [3.8, 4) is 0 Å². The lowest BCUT2D eigenvalue weighted by Gasteiger charge is -2.12. The molecule has 0 radical (unpaired) electrons. The van der Waals surface area contributed by atoms with Crippen LogP contribution < -0.4 is 0 Å². The predicted molar refractivity (Wildman–Crippen MR) is 67.0 cm³/mol. The Balaban J connectivity index is 0.00000106. The zero-order chi connectivity index (χ0) is 12.6. The number of alkyl halides is 1. The Labute approximate surface area is 97.0 Å². The third-order valence-electron chi connectivity index (χ3n) is 1.97. The molecule has 0 N–H and O–H groups in total. The Morgan fingerprint density at radius 2 is 1.62 bits per heavy atom. The average molecular weight is 222 g/mol. The van der Waals surface area contributed by atoms with Crippen molar-refractivity contribution in [1.29, 1.82) is 0 Å². The van der Waals surface area contributed by atoms with Crippen molar-refractivity contribution in [1.82, 2.24) is 0 Å². The summed E-state index contributed by atoms with van der Waals surface area (Å²) in [6.45, 7) is 5.76. The van der Waals surface area contributed by atoms with Crippen molar-refractivity contribution >= 4 is 11.9 Å². The topological polar surface area (TPSA) is 17.1 Å². The van der Waals surface area contributed by atoms with Crippen molar-refractivity contribution < 1.29 is 9.18 Å². The third-order valence-corrected chi connectivity index (χ3v) is 1.97. The van der Waals surface area contributed by atoms with Gasteiger partial charge in [0.1, 0.15) is 0 Å². The largest absolute Gasteiger partial charge is 0.294 e. The Hall–Kier alpha value is -1.44. The normalized spacial score (nSPS) is 10.8. The molecule has 0 aliphatic rings. The van der Waals surface area contributed by atoms with Gasteiger partial charge < -0.3 is 0 Å². The maximum atomic E-state index is 11.6. The van der Waals surface area contributed by atoms with Crippen LogP contribution in [-0.4, -0.2) is 13.0 Å². The molecule has 1 aromatic rings. The first kappa shape index (κ1) is 14.6. The summed E-state index contributed by atoms with van der Waals surface area (Å²) in [4.78, 5) is 11.6. The Morgan fingerprint density at radius 1 is 1.12 bits per heavy atom. The molecule has 2 heteroatoms. The lowest BCUT2D eigenvalue weighted by Crippen LogP contribution is -2.17. The molecule has 0 unspecified atom stereocenters. The van der Waals surface area contributed by atoms with Crippen LogP contribution in [0.25, 0.3) is 6.08 Å². The molecule has 1 rings (SSSR count). The maximum Gasteiger partial charge on any atom is 0.161 e. The average Bonchev–Trinajstić information content (AvgIpc) is 2.28. The lowest BCUT2D eigenvalue weighted by molar-refractivity contribution is -0.121. The molecule has 0 aliphatic carbocycles. The molecule has 0 spiro atoms. The minimum absolute atomic E-state index is 0.154. The summed E-state index contributed by atoms with van der Waals surface area (Å²) < 4.78 is 9.50. The number of halogens is 1. The van der Waals surface area contributed by atoms with Crippen LogP contribution in [0.1, 0.15) is 26.3 Å². The van der Waals surface area contributed by atoms with E-state index in [-0.39, 0.29) is 11.2 Å². The van der Waals surface area contributed by atoms with Gasteiger partial charge in [-0.25, -0.2) is 0 Å². The van der Waals surface area contributed by atoms with E-state index in [1.54, 1.807) is 6.08 Å². The highest BCUT2D eigenvalue weighted by Crippen LogP contribution is 2.15. The van der Waals surface area contributed by atoms with Crippen molar-refractivity contribution in [3.63, 3.8) is 0 Å². The second kappa shape index (κ2) is 6.94. The molecule has 16 heavy (non-hydrogen) atoms. The van der Waals surface area contributed by atoms with E-state index in [0.717, 1.165) is 5.56 Å². The quantitative estimate of drug-likeness (QED) is 0.693. The summed E-state index contributed by atoms with van der Waals surface area (Å²) >= 11 is 0. The molecule has 0 heterocycles. The van der Waals surface area contributed by atoms with Gasteiger partial charge in [0, 0.05) is 5.41 Å². The SMILES string of the molecule is CC(C)(C)C(=O)/C=C/c1ccccc1.CF. The molecule has 0 bridgehead atoms. The van der Waals surface area contributed by atoms with E-state index in [0.29, 0.717) is 7.18 Å². The highest BCUT2D eigenvalue weighted by Gasteiger charge is 2.17. The van der Waals surface area contributed by atoms with Gasteiger partial charge in [0.2, 0.25) is 0 Å². The molecule has 0 saturated heterocycles. The van der Waals surface area contributed by atoms with Gasteiger partial charge in [-0.2, -0.15) is 0 Å². The van der Waals surface area contributed by atoms with E-state index in [9.17, 15) is 9.18 Å². The Morgan fingerprint density at radius 3 is 2.06 bits per heavy atom. The minimum atomic E-state index is -0.286. The van der Waals surface area contributed by atoms with E-state index in [1.165, 1.54) is 0 Å². The minimum Gasteiger partial charge on any atom is -0.294 e. The monoisotopic (exact) mass is 222 g/mol. The highest BCUT2D eigenvalue weighted by molar-refractivity contribution is 5.97. The van der Waals surface area contributed by atoms with Gasteiger partial charge >= 0.3 is 0 Å². The van der Waals surface area contributed by atoms with Gasteiger partial charge in [-0.15, -0.1) is 0 Å². The summed E-state index contributed by atoms with van der Waals surface area (Å²) in [5, 5.41) is 0. The van der Waals surface area contributed by atoms with Crippen molar-refractivity contribution in [2.45, 2.75) is 20.8 Å². The summed E-state index contributed by atoms with van der Waals surface area (Å²) in [6, 6.07) is 9.84. The zero-order valence-corrected chi connectivity index (χ0v) is 10.3. The van der Waals surface area contributed by atoms with E-state index < -0.39 is 0 Å². The molecule has 0 amide bonds. The van der Waals surface area contributed by atoms with Gasteiger partial charge in [-0.05, 0) is 11.6 Å². The van der Waals surface area contributed by atoms with Gasteiger partial charge in [-0.3, -0.25) is 9.18 Å². The number of allylic oxidation sites excluding steroid dienone is 1. The fourth-order valence-electron chi connectivity index (χ4n) is 0.986. The second-order valence-electron chi connectivity index (χ2n) is 4.36. The number of carbonyl (C=O) groups excluding carboxylic acids is 1. The molecule has 0 atom stereocenters. The smallest absolute Gasteiger partial charge is 0.161 e. The molecule has 1 nitrogen and oxygen atoms in total. The maximum absolute atomic E-state index is 11.6. The van der Waals surface area contributed by atoms with Crippen LogP contribution in [0.15, 0.2) is 36.4 Å². The van der Waals surface area contributed by atoms with Gasteiger partial charge in [0.05, 0.1) is 7.18 Å². The van der Waals surface area contributed by atoms with Crippen LogP contribution in [-0.2, 0) is 4.79 Å². The van der Waals surface area contributed by atoms with Gasteiger partial charge in [0.15, 0.2) is 5.78 Å². The van der Waals surface area contributed by atoms with Crippen LogP contribution in [0, 0.1) is 5.41 Å². The standard InChI is InChI=1S/C13H16O.CH3F/c1-13(2,3)12(14)10-9-11-7-5-4-6-8-11;1-2/h4-10H,1-3H3;1H3/b10-9+;. The Kier molecular flexibility index (Phi) is 6.31. The third kappa shape index (κ3) is 5.44. The van der Waals surface area contributed by atoms with E-state index in [2.05, 4.69) is 0 Å². The molecule has 0 saturated carbocycles. The molecule has 0 aliphatic heterocycles. The Bertz CT molecular complexity index is 334. The van der Waals surface area contributed by atoms with Crippen LogP contribution in [0.5, 0.6) is 0 Å². The lowest BCUT2D eigenvalue weighted by atomic mass is 9.90. The molecule has 88 valence electrons. The molecular formula is C14H19FO. The van der Waals surface area contributed by atoms with E-state index >= 15 is 0 Å². The zero-order valence-electron chi connectivity index (χ0n) is 10.3. The number of ketones is 1. The van der Waals surface area contributed by atoms with E-state index in [1.807, 2.05) is 57.2 Å². The van der Waals surface area contributed by atoms with Gasteiger partial charge in [-0.1, -0.05) is 57.2 Å². The first-order valence-electron chi connectivity index (χ1n) is 5.15. The number of hydrogen-bond donors (Lipinski definition) is 0. The fraction of sp³-hybridized carbons (Fsp3) is 0.357. The summed E-state index contributed by atoms with van der Waals surface area (Å²) in [5.41, 5.74) is 0.774. The predicted octanol–water partition coefficient (Wildman–Crippen LogP) is 3.90. The summed E-state index contributed by atoms with van der Waals surface area (Å²) in [6.07, 6.45) is 3.50. The molecule has 1 aromatic carbocycles. The summed E-state index contributed by atoms with van der Waals surface area (Å²) in [7, 11) is 0.500. The number of carbonyl (C=O) groups is 1. The van der Waals surface area contributed by atoms with Crippen LogP contribution >= 0.6 is 0 Å². The molecule has 0 fully saturated rings. The van der Waals surface area contributed by atoms with Crippen molar-refractivity contribution in [2.24, 2.45) is 5.41 Å². The number of rotatable bonds is 2.